The Kier molecular flexibility index (Phi) is 7.28. The summed E-state index contributed by atoms with van der Waals surface area (Å²) >= 11 is 0.989. The van der Waals surface area contributed by atoms with Crippen LogP contribution in [0.4, 0.5) is 4.79 Å². The maximum atomic E-state index is 12.8. The van der Waals surface area contributed by atoms with Crippen molar-refractivity contribution >= 4 is 29.0 Å². The fourth-order valence-electron chi connectivity index (χ4n) is 3.59. The highest BCUT2D eigenvalue weighted by molar-refractivity contribution is 8.18. The summed E-state index contributed by atoms with van der Waals surface area (Å²) in [5.41, 5.74) is 1.95. The summed E-state index contributed by atoms with van der Waals surface area (Å²) in [6.07, 6.45) is 7.13. The zero-order chi connectivity index (χ0) is 22.3. The van der Waals surface area contributed by atoms with Gasteiger partial charge in [-0.3, -0.25) is 24.3 Å². The van der Waals surface area contributed by atoms with E-state index < -0.39 is 0 Å². The topological polar surface area (TPSA) is 53.1 Å². The van der Waals surface area contributed by atoms with Gasteiger partial charge in [-0.05, 0) is 41.1 Å². The molecular formula is C25H25N3O3S. The number of benzene rings is 2. The molecule has 6 nitrogen and oxygen atoms in total. The van der Waals surface area contributed by atoms with Gasteiger partial charge in [-0.25, -0.2) is 0 Å². The van der Waals surface area contributed by atoms with Gasteiger partial charge in [0.25, 0.3) is 11.1 Å². The SMILES string of the molecule is C#CCN1CCN(CN2C(=O)S/C(=C/c3ccc(OCc4ccccc4)cc3)C2=O)CC1. The van der Waals surface area contributed by atoms with Crippen molar-refractivity contribution in [1.82, 2.24) is 14.7 Å². The molecular weight excluding hydrogens is 422 g/mol. The van der Waals surface area contributed by atoms with Gasteiger partial charge < -0.3 is 4.74 Å². The summed E-state index contributed by atoms with van der Waals surface area (Å²) in [6, 6.07) is 17.5. The minimum absolute atomic E-state index is 0.227. The second-order valence-electron chi connectivity index (χ2n) is 7.69. The highest BCUT2D eigenvalue weighted by atomic mass is 32.2. The number of imide groups is 1. The van der Waals surface area contributed by atoms with Crippen molar-refractivity contribution in [3.8, 4) is 18.1 Å². The van der Waals surface area contributed by atoms with E-state index in [4.69, 9.17) is 11.2 Å². The predicted octanol–water partition coefficient (Wildman–Crippen LogP) is 3.51. The van der Waals surface area contributed by atoms with E-state index in [-0.39, 0.29) is 11.1 Å². The summed E-state index contributed by atoms with van der Waals surface area (Å²) in [4.78, 5) is 31.3. The number of rotatable bonds is 7. The third-order valence-corrected chi connectivity index (χ3v) is 6.33. The largest absolute Gasteiger partial charge is 0.489 e. The molecule has 0 radical (unpaired) electrons. The average molecular weight is 448 g/mol. The van der Waals surface area contributed by atoms with Crippen molar-refractivity contribution in [2.45, 2.75) is 6.61 Å². The molecule has 0 aliphatic carbocycles. The number of piperazine rings is 1. The van der Waals surface area contributed by atoms with E-state index in [1.165, 1.54) is 4.90 Å². The van der Waals surface area contributed by atoms with Gasteiger partial charge in [0, 0.05) is 26.2 Å². The Balaban J connectivity index is 1.33. The Morgan fingerprint density at radius 3 is 2.34 bits per heavy atom. The van der Waals surface area contributed by atoms with E-state index >= 15 is 0 Å². The number of ether oxygens (including phenoxy) is 1. The minimum Gasteiger partial charge on any atom is -0.489 e. The van der Waals surface area contributed by atoms with E-state index in [9.17, 15) is 9.59 Å². The summed E-state index contributed by atoms with van der Waals surface area (Å²) in [6.45, 7) is 4.70. The summed E-state index contributed by atoms with van der Waals surface area (Å²) in [5.74, 6) is 3.17. The maximum absolute atomic E-state index is 12.8. The van der Waals surface area contributed by atoms with Crippen LogP contribution in [0, 0.1) is 12.3 Å². The van der Waals surface area contributed by atoms with Crippen LogP contribution in [0.2, 0.25) is 0 Å². The van der Waals surface area contributed by atoms with Crippen LogP contribution in [-0.4, -0.2) is 65.2 Å². The Labute approximate surface area is 192 Å². The summed E-state index contributed by atoms with van der Waals surface area (Å²) in [7, 11) is 0. The van der Waals surface area contributed by atoms with Crippen molar-refractivity contribution < 1.29 is 14.3 Å². The van der Waals surface area contributed by atoms with Crippen molar-refractivity contribution in [3.63, 3.8) is 0 Å². The Morgan fingerprint density at radius 1 is 0.969 bits per heavy atom. The Morgan fingerprint density at radius 2 is 1.66 bits per heavy atom. The summed E-state index contributed by atoms with van der Waals surface area (Å²) in [5, 5.41) is -0.227. The molecule has 2 aliphatic rings. The van der Waals surface area contributed by atoms with Gasteiger partial charge in [-0.15, -0.1) is 6.42 Å². The van der Waals surface area contributed by atoms with Crippen LogP contribution < -0.4 is 4.74 Å². The first-order chi connectivity index (χ1) is 15.6. The van der Waals surface area contributed by atoms with Crippen LogP contribution in [0.3, 0.4) is 0 Å². The summed E-state index contributed by atoms with van der Waals surface area (Å²) < 4.78 is 5.80. The maximum Gasteiger partial charge on any atom is 0.294 e. The molecule has 4 rings (SSSR count). The quantitative estimate of drug-likeness (QED) is 0.478. The van der Waals surface area contributed by atoms with Crippen molar-refractivity contribution in [2.75, 3.05) is 39.4 Å². The van der Waals surface area contributed by atoms with E-state index in [2.05, 4.69) is 15.7 Å². The first-order valence-electron chi connectivity index (χ1n) is 10.5. The van der Waals surface area contributed by atoms with Crippen LogP contribution in [0.15, 0.2) is 59.5 Å². The first-order valence-corrected chi connectivity index (χ1v) is 11.3. The molecule has 0 unspecified atom stereocenters. The molecule has 32 heavy (non-hydrogen) atoms. The second kappa shape index (κ2) is 10.5. The molecule has 0 atom stereocenters. The van der Waals surface area contributed by atoms with Gasteiger partial charge in [-0.1, -0.05) is 48.4 Å². The highest BCUT2D eigenvalue weighted by Gasteiger charge is 2.36. The predicted molar refractivity (Wildman–Crippen MR) is 127 cm³/mol. The van der Waals surface area contributed by atoms with Crippen molar-refractivity contribution in [1.29, 1.82) is 0 Å². The van der Waals surface area contributed by atoms with Gasteiger partial charge in [0.05, 0.1) is 18.1 Å². The number of terminal acetylenes is 1. The number of carbonyl (C=O) groups excluding carboxylic acids is 2. The van der Waals surface area contributed by atoms with Crippen molar-refractivity contribution in [3.05, 3.63) is 70.6 Å². The van der Waals surface area contributed by atoms with Gasteiger partial charge in [-0.2, -0.15) is 0 Å². The molecule has 2 fully saturated rings. The lowest BCUT2D eigenvalue weighted by molar-refractivity contribution is -0.124. The van der Waals surface area contributed by atoms with Gasteiger partial charge >= 0.3 is 0 Å². The molecule has 0 bridgehead atoms. The molecule has 2 heterocycles. The third-order valence-electron chi connectivity index (χ3n) is 5.42. The molecule has 2 aromatic carbocycles. The fraction of sp³-hybridized carbons (Fsp3) is 0.280. The number of amides is 2. The average Bonchev–Trinajstić information content (AvgIpc) is 3.08. The van der Waals surface area contributed by atoms with Crippen LogP contribution in [-0.2, 0) is 11.4 Å². The second-order valence-corrected chi connectivity index (χ2v) is 8.69. The molecule has 0 aromatic heterocycles. The molecule has 2 aliphatic heterocycles. The molecule has 164 valence electrons. The standard InChI is InChI=1S/C25H25N3O3S/c1-2-12-26-13-15-27(16-14-26)19-28-24(29)23(32-25(28)30)17-20-8-10-22(11-9-20)31-18-21-6-4-3-5-7-21/h1,3-11,17H,12-16,18-19H2/b23-17+. The zero-order valence-corrected chi connectivity index (χ0v) is 18.6. The first kappa shape index (κ1) is 22.2. The number of nitrogens with zero attached hydrogens (tertiary/aromatic N) is 3. The molecule has 2 saturated heterocycles. The van der Waals surface area contributed by atoms with Crippen LogP contribution in [0.25, 0.3) is 6.08 Å². The number of hydrogen-bond donors (Lipinski definition) is 0. The molecule has 2 aromatic rings. The monoisotopic (exact) mass is 447 g/mol. The number of hydrogen-bond acceptors (Lipinski definition) is 6. The highest BCUT2D eigenvalue weighted by Crippen LogP contribution is 2.32. The van der Waals surface area contributed by atoms with Crippen molar-refractivity contribution in [2.24, 2.45) is 0 Å². The van der Waals surface area contributed by atoms with Gasteiger partial charge in [0.2, 0.25) is 0 Å². The van der Waals surface area contributed by atoms with E-state index in [0.29, 0.717) is 24.7 Å². The molecule has 0 spiro atoms. The Bertz CT molecular complexity index is 1020. The lowest BCUT2D eigenvalue weighted by atomic mass is 10.2. The van der Waals surface area contributed by atoms with E-state index in [1.807, 2.05) is 54.6 Å². The van der Waals surface area contributed by atoms with Gasteiger partial charge in [0.15, 0.2) is 0 Å². The van der Waals surface area contributed by atoms with Crippen LogP contribution in [0.5, 0.6) is 5.75 Å². The number of thioether (sulfide) groups is 1. The Hall–Kier alpha value is -3.05. The fourth-order valence-corrected chi connectivity index (χ4v) is 4.42. The number of carbonyl (C=O) groups is 2. The molecule has 7 heteroatoms. The smallest absolute Gasteiger partial charge is 0.294 e. The van der Waals surface area contributed by atoms with Crippen LogP contribution >= 0.6 is 11.8 Å². The van der Waals surface area contributed by atoms with E-state index in [1.54, 1.807) is 6.08 Å². The lowest BCUT2D eigenvalue weighted by Crippen LogP contribution is -2.50. The minimum atomic E-state index is -0.240. The molecule has 0 saturated carbocycles. The third kappa shape index (κ3) is 5.60. The van der Waals surface area contributed by atoms with E-state index in [0.717, 1.165) is 54.8 Å². The van der Waals surface area contributed by atoms with Gasteiger partial charge in [0.1, 0.15) is 12.4 Å². The molecule has 0 N–H and O–H groups in total. The normalized spacial score (nSPS) is 18.8. The van der Waals surface area contributed by atoms with Crippen LogP contribution in [0.1, 0.15) is 11.1 Å². The zero-order valence-electron chi connectivity index (χ0n) is 17.8. The molecule has 2 amide bonds. The lowest BCUT2D eigenvalue weighted by Gasteiger charge is -2.34.